The van der Waals surface area contributed by atoms with Crippen LogP contribution in [0.1, 0.15) is 38.5 Å². The number of hydrogen-bond donors (Lipinski definition) is 2. The number of aliphatic imine (C=N–C) groups is 1. The molecule has 0 spiro atoms. The minimum atomic E-state index is 0. The molecule has 7 nitrogen and oxygen atoms in total. The summed E-state index contributed by atoms with van der Waals surface area (Å²) in [6, 6.07) is 1.28. The van der Waals surface area contributed by atoms with Crippen molar-refractivity contribution in [3.05, 3.63) is 0 Å². The molecule has 1 saturated carbocycles. The lowest BCUT2D eigenvalue weighted by Gasteiger charge is -2.33. The van der Waals surface area contributed by atoms with Crippen molar-refractivity contribution < 1.29 is 9.53 Å². The molecule has 0 aromatic heterocycles. The Balaban J connectivity index is 0.00000243. The number of carbonyl (C=O) groups excluding carboxylic acids is 1. The highest BCUT2D eigenvalue weighted by Gasteiger charge is 2.32. The van der Waals surface area contributed by atoms with Crippen molar-refractivity contribution in [1.29, 1.82) is 0 Å². The zero-order chi connectivity index (χ0) is 17.6. The van der Waals surface area contributed by atoms with Gasteiger partial charge in [0.05, 0.1) is 6.10 Å². The maximum absolute atomic E-state index is 11.9. The summed E-state index contributed by atoms with van der Waals surface area (Å²) in [6.45, 7) is 4.11. The molecule has 2 N–H and O–H groups in total. The number of nitrogens with one attached hydrogen (secondary N) is 2. The first kappa shape index (κ1) is 21.7. The van der Waals surface area contributed by atoms with E-state index in [0.29, 0.717) is 6.04 Å². The van der Waals surface area contributed by atoms with Gasteiger partial charge in [-0.05, 0) is 38.5 Å². The molecule has 0 aromatic carbocycles. The molecule has 3 rings (SSSR count). The van der Waals surface area contributed by atoms with Gasteiger partial charge in [-0.15, -0.1) is 24.0 Å². The van der Waals surface area contributed by atoms with E-state index in [1.807, 2.05) is 0 Å². The summed E-state index contributed by atoms with van der Waals surface area (Å²) in [6.07, 6.45) is 7.51. The van der Waals surface area contributed by atoms with Crippen molar-refractivity contribution in [3.63, 3.8) is 0 Å². The number of likely N-dealkylation sites (tertiary alicyclic amines) is 1. The molecule has 0 bridgehead atoms. The molecule has 0 aromatic rings. The predicted molar refractivity (Wildman–Crippen MR) is 114 cm³/mol. The standard InChI is InChI=1S/C18H33N5O2.HI/c1-22(2)17(24)13-20-18(19-12-16-4-3-11-25-16)21-14-7-9-23(10-8-14)15-5-6-15;/h14-16H,3-13H2,1-2H3,(H2,19,20,21);1H. The summed E-state index contributed by atoms with van der Waals surface area (Å²) in [5.74, 6) is 0.761. The van der Waals surface area contributed by atoms with E-state index in [0.717, 1.165) is 63.9 Å². The van der Waals surface area contributed by atoms with E-state index in [1.165, 1.54) is 12.8 Å². The molecule has 2 heterocycles. The number of piperidine rings is 1. The third kappa shape index (κ3) is 6.84. The van der Waals surface area contributed by atoms with Gasteiger partial charge in [0, 0.05) is 52.4 Å². The van der Waals surface area contributed by atoms with Crippen LogP contribution in [0.25, 0.3) is 0 Å². The first-order valence-corrected chi connectivity index (χ1v) is 9.72. The molecular formula is C18H34IN5O2. The first-order valence-electron chi connectivity index (χ1n) is 9.72. The van der Waals surface area contributed by atoms with Crippen LogP contribution in [-0.2, 0) is 9.53 Å². The highest BCUT2D eigenvalue weighted by molar-refractivity contribution is 14.0. The Morgan fingerprint density at radius 2 is 1.92 bits per heavy atom. The number of rotatable bonds is 6. The number of halogens is 1. The van der Waals surface area contributed by atoms with Gasteiger partial charge in [0.1, 0.15) is 6.54 Å². The molecule has 1 unspecified atom stereocenters. The van der Waals surface area contributed by atoms with Gasteiger partial charge >= 0.3 is 0 Å². The van der Waals surface area contributed by atoms with Crippen LogP contribution >= 0.6 is 24.0 Å². The van der Waals surface area contributed by atoms with Crippen LogP contribution < -0.4 is 10.6 Å². The molecule has 150 valence electrons. The molecule has 3 fully saturated rings. The molecule has 26 heavy (non-hydrogen) atoms. The van der Waals surface area contributed by atoms with E-state index < -0.39 is 0 Å². The summed E-state index contributed by atoms with van der Waals surface area (Å²) >= 11 is 0. The summed E-state index contributed by atoms with van der Waals surface area (Å²) in [5.41, 5.74) is 0. The van der Waals surface area contributed by atoms with Crippen molar-refractivity contribution >= 4 is 35.8 Å². The van der Waals surface area contributed by atoms with E-state index >= 15 is 0 Å². The van der Waals surface area contributed by atoms with Crippen LogP contribution in [0, 0.1) is 0 Å². The van der Waals surface area contributed by atoms with Crippen LogP contribution in [0.3, 0.4) is 0 Å². The van der Waals surface area contributed by atoms with Crippen LogP contribution in [0.2, 0.25) is 0 Å². The highest BCUT2D eigenvalue weighted by Crippen LogP contribution is 2.29. The minimum Gasteiger partial charge on any atom is -0.376 e. The lowest BCUT2D eigenvalue weighted by Crippen LogP contribution is -2.50. The Hall–Kier alpha value is -0.610. The van der Waals surface area contributed by atoms with E-state index in [-0.39, 0.29) is 42.5 Å². The van der Waals surface area contributed by atoms with Crippen LogP contribution in [0.5, 0.6) is 0 Å². The maximum atomic E-state index is 11.9. The lowest BCUT2D eigenvalue weighted by molar-refractivity contribution is -0.127. The molecular weight excluding hydrogens is 445 g/mol. The third-order valence-corrected chi connectivity index (χ3v) is 5.33. The molecule has 0 radical (unpaired) electrons. The zero-order valence-electron chi connectivity index (χ0n) is 16.1. The maximum Gasteiger partial charge on any atom is 0.243 e. The second-order valence-electron chi connectivity index (χ2n) is 7.65. The van der Waals surface area contributed by atoms with Crippen LogP contribution in [0.4, 0.5) is 0 Å². The number of ether oxygens (including phenoxy) is 1. The SMILES string of the molecule is CN(C)C(=O)CN=C(NCC1CCCO1)NC1CCN(C2CC2)CC1.I. The monoisotopic (exact) mass is 479 g/mol. The fraction of sp³-hybridized carbons (Fsp3) is 0.889. The number of amides is 1. The van der Waals surface area contributed by atoms with E-state index in [4.69, 9.17) is 4.74 Å². The second kappa shape index (κ2) is 10.7. The highest BCUT2D eigenvalue weighted by atomic mass is 127. The topological polar surface area (TPSA) is 69.2 Å². The Morgan fingerprint density at radius 1 is 1.19 bits per heavy atom. The normalized spacial score (nSPS) is 24.8. The summed E-state index contributed by atoms with van der Waals surface area (Å²) in [5, 5.41) is 6.92. The van der Waals surface area contributed by atoms with Crippen molar-refractivity contribution in [2.45, 2.75) is 56.7 Å². The largest absolute Gasteiger partial charge is 0.376 e. The predicted octanol–water partition coefficient (Wildman–Crippen LogP) is 1.03. The fourth-order valence-electron chi connectivity index (χ4n) is 3.50. The Kier molecular flexibility index (Phi) is 8.89. The number of carbonyl (C=O) groups is 1. The fourth-order valence-corrected chi connectivity index (χ4v) is 3.50. The van der Waals surface area contributed by atoms with Crippen molar-refractivity contribution in [2.24, 2.45) is 4.99 Å². The summed E-state index contributed by atoms with van der Waals surface area (Å²) in [7, 11) is 3.52. The molecule has 3 aliphatic rings. The molecule has 1 atom stereocenters. The first-order chi connectivity index (χ1) is 12.1. The number of likely N-dealkylation sites (N-methyl/N-ethyl adjacent to an activating group) is 1. The zero-order valence-corrected chi connectivity index (χ0v) is 18.4. The van der Waals surface area contributed by atoms with Gasteiger partial charge in [-0.2, -0.15) is 0 Å². The van der Waals surface area contributed by atoms with Gasteiger partial charge in [-0.1, -0.05) is 0 Å². The summed E-state index contributed by atoms with van der Waals surface area (Å²) < 4.78 is 5.68. The van der Waals surface area contributed by atoms with Gasteiger partial charge < -0.3 is 25.2 Å². The van der Waals surface area contributed by atoms with E-state index in [1.54, 1.807) is 19.0 Å². The van der Waals surface area contributed by atoms with Crippen LogP contribution in [-0.4, -0.2) is 86.7 Å². The lowest BCUT2D eigenvalue weighted by atomic mass is 10.1. The third-order valence-electron chi connectivity index (χ3n) is 5.33. The van der Waals surface area contributed by atoms with E-state index in [2.05, 4.69) is 20.5 Å². The minimum absolute atomic E-state index is 0. The van der Waals surface area contributed by atoms with Gasteiger partial charge in [0.2, 0.25) is 5.91 Å². The smallest absolute Gasteiger partial charge is 0.243 e. The van der Waals surface area contributed by atoms with Gasteiger partial charge in [-0.25, -0.2) is 4.99 Å². The number of guanidine groups is 1. The number of hydrogen-bond acceptors (Lipinski definition) is 4. The molecule has 1 aliphatic carbocycles. The molecule has 1 amide bonds. The quantitative estimate of drug-likeness (QED) is 0.339. The second-order valence-corrected chi connectivity index (χ2v) is 7.65. The van der Waals surface area contributed by atoms with Gasteiger partial charge in [-0.3, -0.25) is 4.79 Å². The van der Waals surface area contributed by atoms with Crippen LogP contribution in [0.15, 0.2) is 4.99 Å². The summed E-state index contributed by atoms with van der Waals surface area (Å²) in [4.78, 5) is 20.6. The van der Waals surface area contributed by atoms with E-state index in [9.17, 15) is 4.79 Å². The molecule has 2 aliphatic heterocycles. The van der Waals surface area contributed by atoms with Gasteiger partial charge in [0.25, 0.3) is 0 Å². The number of nitrogens with zero attached hydrogens (tertiary/aromatic N) is 3. The Morgan fingerprint density at radius 3 is 2.50 bits per heavy atom. The average Bonchev–Trinajstić information content (AvgIpc) is 3.33. The molecule has 8 heteroatoms. The van der Waals surface area contributed by atoms with Crippen molar-refractivity contribution in [1.82, 2.24) is 20.4 Å². The Bertz CT molecular complexity index is 470. The Labute approximate surface area is 174 Å². The average molecular weight is 479 g/mol. The van der Waals surface area contributed by atoms with Crippen molar-refractivity contribution in [3.8, 4) is 0 Å². The van der Waals surface area contributed by atoms with Crippen molar-refractivity contribution in [2.75, 3.05) is 46.9 Å². The molecule has 2 saturated heterocycles. The van der Waals surface area contributed by atoms with Gasteiger partial charge in [0.15, 0.2) is 5.96 Å².